The number of nitriles is 1. The van der Waals surface area contributed by atoms with Crippen molar-refractivity contribution < 1.29 is 23.5 Å². The largest absolute Gasteiger partial charge is 0.454 e. The van der Waals surface area contributed by atoms with Crippen LogP contribution in [0.2, 0.25) is 18.1 Å². The minimum Gasteiger partial charge on any atom is -0.454 e. The Bertz CT molecular complexity index is 1030. The highest BCUT2D eigenvalue weighted by atomic mass is 28.4. The quantitative estimate of drug-likeness (QED) is 0.625. The number of likely N-dealkylation sites (N-methyl/N-ethyl adjacent to an activating group) is 1. The number of amides is 2. The average Bonchev–Trinajstić information content (AvgIpc) is 3.36. The van der Waals surface area contributed by atoms with Crippen molar-refractivity contribution in [2.75, 3.05) is 20.4 Å². The molecule has 4 rings (SSSR count). The van der Waals surface area contributed by atoms with E-state index in [0.717, 1.165) is 5.56 Å². The first-order valence-corrected chi connectivity index (χ1v) is 14.3. The lowest BCUT2D eigenvalue weighted by Gasteiger charge is -2.43. The molecule has 3 aliphatic rings. The zero-order valence-corrected chi connectivity index (χ0v) is 21.5. The van der Waals surface area contributed by atoms with Gasteiger partial charge in [0.05, 0.1) is 18.7 Å². The number of rotatable bonds is 4. The summed E-state index contributed by atoms with van der Waals surface area (Å²) in [6.45, 7) is 12.7. The van der Waals surface area contributed by atoms with Crippen LogP contribution in [0.4, 0.5) is 0 Å². The normalized spacial score (nSPS) is 29.3. The standard InChI is InChI=1S/C24H33N3O5Si/c1-15-21(28)27-17(22(29)26(15)5)11-24(12-25,13-32-33(6,7)23(2,3)4)20(27)16-8-9-18-19(10-16)31-14-30-18/h8-10,15,17,20H,11,13-14H2,1-7H3/t15-,17+,20+,24-/m1/s1. The Hall–Kier alpha value is -2.57. The van der Waals surface area contributed by atoms with Crippen molar-refractivity contribution in [1.29, 1.82) is 5.26 Å². The number of benzene rings is 1. The van der Waals surface area contributed by atoms with E-state index in [-0.39, 0.29) is 36.7 Å². The summed E-state index contributed by atoms with van der Waals surface area (Å²) >= 11 is 0. The Kier molecular flexibility index (Phi) is 5.53. The van der Waals surface area contributed by atoms with Crippen molar-refractivity contribution in [2.45, 2.75) is 70.4 Å². The van der Waals surface area contributed by atoms with E-state index in [1.807, 2.05) is 12.1 Å². The van der Waals surface area contributed by atoms with Crippen molar-refractivity contribution in [1.82, 2.24) is 9.80 Å². The fraction of sp³-hybridized carbons (Fsp3) is 0.625. The second-order valence-electron chi connectivity index (χ2n) is 10.9. The van der Waals surface area contributed by atoms with Gasteiger partial charge in [-0.1, -0.05) is 26.8 Å². The maximum absolute atomic E-state index is 13.5. The van der Waals surface area contributed by atoms with Crippen molar-refractivity contribution in [3.05, 3.63) is 23.8 Å². The van der Waals surface area contributed by atoms with E-state index in [2.05, 4.69) is 39.9 Å². The van der Waals surface area contributed by atoms with E-state index >= 15 is 0 Å². The van der Waals surface area contributed by atoms with Crippen LogP contribution in [0.3, 0.4) is 0 Å². The summed E-state index contributed by atoms with van der Waals surface area (Å²) in [6.07, 6.45) is 0.235. The van der Waals surface area contributed by atoms with Gasteiger partial charge in [0.15, 0.2) is 19.8 Å². The third-order valence-corrected chi connectivity index (χ3v) is 12.4. The topological polar surface area (TPSA) is 92.1 Å². The van der Waals surface area contributed by atoms with Gasteiger partial charge < -0.3 is 23.7 Å². The van der Waals surface area contributed by atoms with Crippen LogP contribution in [0.5, 0.6) is 11.5 Å². The molecule has 0 bridgehead atoms. The highest BCUT2D eigenvalue weighted by molar-refractivity contribution is 6.74. The van der Waals surface area contributed by atoms with Crippen LogP contribution in [0.15, 0.2) is 18.2 Å². The minimum atomic E-state index is -2.19. The summed E-state index contributed by atoms with van der Waals surface area (Å²) in [6, 6.07) is 6.07. The molecule has 0 aromatic heterocycles. The summed E-state index contributed by atoms with van der Waals surface area (Å²) in [5, 5.41) is 10.5. The lowest BCUT2D eigenvalue weighted by atomic mass is 9.78. The molecular formula is C24H33N3O5Si. The molecule has 33 heavy (non-hydrogen) atoms. The molecule has 4 atom stereocenters. The number of carbonyl (C=O) groups is 2. The van der Waals surface area contributed by atoms with Crippen LogP contribution in [-0.2, 0) is 14.0 Å². The Morgan fingerprint density at radius 3 is 2.52 bits per heavy atom. The van der Waals surface area contributed by atoms with Crippen LogP contribution in [0.25, 0.3) is 0 Å². The lowest BCUT2D eigenvalue weighted by Crippen LogP contribution is -2.60. The van der Waals surface area contributed by atoms with E-state index in [9.17, 15) is 14.9 Å². The summed E-state index contributed by atoms with van der Waals surface area (Å²) in [5.41, 5.74) is -0.315. The van der Waals surface area contributed by atoms with Crippen molar-refractivity contribution in [3.8, 4) is 17.6 Å². The van der Waals surface area contributed by atoms with E-state index in [0.29, 0.717) is 11.5 Å². The summed E-state index contributed by atoms with van der Waals surface area (Å²) in [4.78, 5) is 29.8. The second-order valence-corrected chi connectivity index (χ2v) is 15.7. The molecular weight excluding hydrogens is 438 g/mol. The van der Waals surface area contributed by atoms with Crippen LogP contribution >= 0.6 is 0 Å². The zero-order valence-electron chi connectivity index (χ0n) is 20.5. The van der Waals surface area contributed by atoms with Crippen LogP contribution in [0.1, 0.15) is 45.7 Å². The molecule has 0 aliphatic carbocycles. The van der Waals surface area contributed by atoms with E-state index in [4.69, 9.17) is 13.9 Å². The summed E-state index contributed by atoms with van der Waals surface area (Å²) < 4.78 is 17.6. The third kappa shape index (κ3) is 3.60. The number of nitrogens with zero attached hydrogens (tertiary/aromatic N) is 3. The Balaban J connectivity index is 1.81. The number of ether oxygens (including phenoxy) is 2. The molecule has 1 aromatic rings. The maximum atomic E-state index is 13.5. The number of hydrogen-bond acceptors (Lipinski definition) is 6. The van der Waals surface area contributed by atoms with Crippen molar-refractivity contribution in [3.63, 3.8) is 0 Å². The van der Waals surface area contributed by atoms with E-state index in [1.54, 1.807) is 24.9 Å². The molecule has 0 N–H and O–H groups in total. The number of piperazine rings is 1. The summed E-state index contributed by atoms with van der Waals surface area (Å²) in [5.74, 6) is 0.906. The maximum Gasteiger partial charge on any atom is 0.246 e. The molecule has 3 heterocycles. The fourth-order valence-corrected chi connectivity index (χ4v) is 5.71. The smallest absolute Gasteiger partial charge is 0.246 e. The monoisotopic (exact) mass is 471 g/mol. The first-order chi connectivity index (χ1) is 15.3. The molecule has 2 fully saturated rings. The molecule has 0 spiro atoms. The molecule has 2 amide bonds. The molecule has 3 aliphatic heterocycles. The van der Waals surface area contributed by atoms with Gasteiger partial charge in [-0.3, -0.25) is 9.59 Å². The predicted molar refractivity (Wildman–Crippen MR) is 124 cm³/mol. The first-order valence-electron chi connectivity index (χ1n) is 11.4. The molecule has 0 saturated carbocycles. The highest BCUT2D eigenvalue weighted by Gasteiger charge is 2.61. The number of fused-ring (bicyclic) bond motifs is 2. The van der Waals surface area contributed by atoms with Gasteiger partial charge in [-0.25, -0.2) is 0 Å². The molecule has 2 saturated heterocycles. The van der Waals surface area contributed by atoms with Crippen molar-refractivity contribution in [2.24, 2.45) is 5.41 Å². The Morgan fingerprint density at radius 2 is 1.88 bits per heavy atom. The molecule has 9 heteroatoms. The minimum absolute atomic E-state index is 0.0378. The molecule has 0 unspecified atom stereocenters. The van der Waals surface area contributed by atoms with Gasteiger partial charge in [0.2, 0.25) is 18.6 Å². The number of carbonyl (C=O) groups excluding carboxylic acids is 2. The van der Waals surface area contributed by atoms with Gasteiger partial charge in [0, 0.05) is 7.05 Å². The molecule has 178 valence electrons. The summed E-state index contributed by atoms with van der Waals surface area (Å²) in [7, 11) is -0.538. The third-order valence-electron chi connectivity index (χ3n) is 7.95. The van der Waals surface area contributed by atoms with E-state index < -0.39 is 31.9 Å². The second kappa shape index (κ2) is 7.74. The fourth-order valence-electron chi connectivity index (χ4n) is 4.66. The molecule has 1 aromatic carbocycles. The van der Waals surface area contributed by atoms with Crippen LogP contribution in [-0.4, -0.2) is 62.5 Å². The average molecular weight is 472 g/mol. The van der Waals surface area contributed by atoms with Crippen molar-refractivity contribution >= 4 is 20.1 Å². The number of hydrogen-bond donors (Lipinski definition) is 0. The predicted octanol–water partition coefficient (Wildman–Crippen LogP) is 3.45. The molecule has 8 nitrogen and oxygen atoms in total. The van der Waals surface area contributed by atoms with Crippen LogP contribution < -0.4 is 9.47 Å². The van der Waals surface area contributed by atoms with Gasteiger partial charge in [-0.15, -0.1) is 0 Å². The van der Waals surface area contributed by atoms with Gasteiger partial charge in [0.1, 0.15) is 17.5 Å². The van der Waals surface area contributed by atoms with E-state index in [1.165, 1.54) is 4.90 Å². The Labute approximate surface area is 196 Å². The lowest BCUT2D eigenvalue weighted by molar-refractivity contribution is -0.159. The van der Waals surface area contributed by atoms with Crippen LogP contribution in [0, 0.1) is 16.7 Å². The Morgan fingerprint density at radius 1 is 1.21 bits per heavy atom. The SMILES string of the molecule is C[C@@H]1C(=O)N2[C@@H](c3ccc4c(c3)OCO4)[C@](C#N)(CO[Si](C)(C)C(C)(C)C)C[C@H]2C(=O)N1C. The molecule has 0 radical (unpaired) electrons. The highest BCUT2D eigenvalue weighted by Crippen LogP contribution is 2.54. The van der Waals surface area contributed by atoms with Gasteiger partial charge >= 0.3 is 0 Å². The first kappa shape index (κ1) is 23.6. The zero-order chi connectivity index (χ0) is 24.3. The van der Waals surface area contributed by atoms with Gasteiger partial charge in [-0.2, -0.15) is 5.26 Å². The van der Waals surface area contributed by atoms with Gasteiger partial charge in [0.25, 0.3) is 0 Å². The van der Waals surface area contributed by atoms with Gasteiger partial charge in [-0.05, 0) is 49.2 Å².